The third kappa shape index (κ3) is 4.87. The summed E-state index contributed by atoms with van der Waals surface area (Å²) in [6, 6.07) is 1.53. The van der Waals surface area contributed by atoms with Gasteiger partial charge in [0.25, 0.3) is 0 Å². The maximum atomic E-state index is 12.2. The van der Waals surface area contributed by atoms with E-state index in [2.05, 4.69) is 0 Å². The van der Waals surface area contributed by atoms with Crippen LogP contribution in [-0.2, 0) is 14.8 Å². The topological polar surface area (TPSA) is 126 Å². The second kappa shape index (κ2) is 7.82. The van der Waals surface area contributed by atoms with Crippen molar-refractivity contribution in [2.45, 2.75) is 17.4 Å². The van der Waals surface area contributed by atoms with Crippen molar-refractivity contribution in [3.05, 3.63) is 28.8 Å². The highest BCUT2D eigenvalue weighted by molar-refractivity contribution is 7.98. The monoisotopic (exact) mass is 365 g/mol. The molecule has 0 aromatic heterocycles. The number of carboxylic acids is 2. The molecule has 0 saturated heterocycles. The maximum Gasteiger partial charge on any atom is 0.242 e. The Morgan fingerprint density at radius 2 is 2.00 bits per heavy atom. The number of aliphatic carboxylic acids is 1. The van der Waals surface area contributed by atoms with Gasteiger partial charge in [0, 0.05) is 0 Å². The first-order chi connectivity index (χ1) is 10.2. The van der Waals surface area contributed by atoms with Crippen LogP contribution >= 0.6 is 23.4 Å². The van der Waals surface area contributed by atoms with Crippen molar-refractivity contribution in [2.75, 3.05) is 12.0 Å². The summed E-state index contributed by atoms with van der Waals surface area (Å²) in [6.07, 6.45) is 1.75. The summed E-state index contributed by atoms with van der Waals surface area (Å²) in [4.78, 5) is 21.2. The molecule has 0 fully saturated rings. The zero-order chi connectivity index (χ0) is 16.9. The molecule has 122 valence electrons. The number of aromatic carboxylic acids is 1. The van der Waals surface area contributed by atoms with Gasteiger partial charge in [-0.15, -0.1) is 0 Å². The van der Waals surface area contributed by atoms with E-state index >= 15 is 0 Å². The van der Waals surface area contributed by atoms with Crippen molar-refractivity contribution < 1.29 is 28.2 Å². The lowest BCUT2D eigenvalue weighted by molar-refractivity contribution is -0.308. The quantitative estimate of drug-likeness (QED) is 0.616. The van der Waals surface area contributed by atoms with Crippen molar-refractivity contribution in [2.24, 2.45) is 0 Å². The average molecular weight is 366 g/mol. The SMILES string of the molecule is CSCC[C@@H](NS(=O)(=O)c1cc(C(=O)[O-])ccc1Cl)C(=O)[O-]. The van der Waals surface area contributed by atoms with Gasteiger partial charge in [-0.2, -0.15) is 11.8 Å². The first-order valence-electron chi connectivity index (χ1n) is 5.92. The van der Waals surface area contributed by atoms with Crippen LogP contribution < -0.4 is 14.9 Å². The summed E-state index contributed by atoms with van der Waals surface area (Å²) in [6.45, 7) is 0. The number of benzene rings is 1. The van der Waals surface area contributed by atoms with Crippen molar-refractivity contribution in [1.29, 1.82) is 0 Å². The Kier molecular flexibility index (Phi) is 6.66. The van der Waals surface area contributed by atoms with E-state index in [1.54, 1.807) is 6.26 Å². The summed E-state index contributed by atoms with van der Waals surface area (Å²) in [5.41, 5.74) is -0.390. The van der Waals surface area contributed by atoms with Gasteiger partial charge >= 0.3 is 0 Å². The van der Waals surface area contributed by atoms with Gasteiger partial charge in [-0.25, -0.2) is 13.1 Å². The fourth-order valence-electron chi connectivity index (χ4n) is 1.55. The summed E-state index contributed by atoms with van der Waals surface area (Å²) >= 11 is 7.09. The molecule has 1 N–H and O–H groups in total. The third-order valence-electron chi connectivity index (χ3n) is 2.65. The van der Waals surface area contributed by atoms with Gasteiger partial charge in [0.1, 0.15) is 4.90 Å². The van der Waals surface area contributed by atoms with Crippen LogP contribution in [0.25, 0.3) is 0 Å². The number of hydrogen-bond donors (Lipinski definition) is 1. The molecule has 1 aromatic rings. The fourth-order valence-corrected chi connectivity index (χ4v) is 3.76. The van der Waals surface area contributed by atoms with E-state index in [1.807, 2.05) is 4.72 Å². The Labute approximate surface area is 136 Å². The Morgan fingerprint density at radius 1 is 1.36 bits per heavy atom. The van der Waals surface area contributed by atoms with E-state index in [9.17, 15) is 28.2 Å². The maximum absolute atomic E-state index is 12.2. The normalized spacial score (nSPS) is 12.8. The minimum atomic E-state index is -4.32. The lowest BCUT2D eigenvalue weighted by Crippen LogP contribution is -2.48. The van der Waals surface area contributed by atoms with Crippen molar-refractivity contribution in [3.8, 4) is 0 Å². The minimum absolute atomic E-state index is 0.0144. The summed E-state index contributed by atoms with van der Waals surface area (Å²) < 4.78 is 26.3. The highest BCUT2D eigenvalue weighted by Crippen LogP contribution is 2.23. The molecule has 22 heavy (non-hydrogen) atoms. The molecule has 0 heterocycles. The number of rotatable bonds is 8. The molecule has 0 radical (unpaired) electrons. The third-order valence-corrected chi connectivity index (χ3v) is 5.25. The number of sulfonamides is 1. The Morgan fingerprint density at radius 3 is 2.50 bits per heavy atom. The van der Waals surface area contributed by atoms with Gasteiger partial charge < -0.3 is 19.8 Å². The lowest BCUT2D eigenvalue weighted by Gasteiger charge is -2.20. The molecule has 0 saturated carbocycles. The number of nitrogens with one attached hydrogen (secondary N) is 1. The molecule has 0 amide bonds. The number of hydrogen-bond acceptors (Lipinski definition) is 7. The van der Waals surface area contributed by atoms with Crippen LogP contribution in [0.5, 0.6) is 0 Å². The molecule has 10 heteroatoms. The molecule has 7 nitrogen and oxygen atoms in total. The van der Waals surface area contributed by atoms with Crippen molar-refractivity contribution >= 4 is 45.3 Å². The number of thioether (sulfide) groups is 1. The van der Waals surface area contributed by atoms with E-state index in [1.165, 1.54) is 11.8 Å². The van der Waals surface area contributed by atoms with Crippen LogP contribution in [0.4, 0.5) is 0 Å². The molecule has 0 spiro atoms. The first-order valence-corrected chi connectivity index (χ1v) is 9.17. The van der Waals surface area contributed by atoms with E-state index in [4.69, 9.17) is 11.6 Å². The summed E-state index contributed by atoms with van der Waals surface area (Å²) in [5.74, 6) is -2.76. The average Bonchev–Trinajstić information content (AvgIpc) is 2.43. The lowest BCUT2D eigenvalue weighted by atomic mass is 10.2. The smallest absolute Gasteiger partial charge is 0.242 e. The molecule has 1 aromatic carbocycles. The zero-order valence-electron chi connectivity index (χ0n) is 11.4. The Balaban J connectivity index is 3.15. The van der Waals surface area contributed by atoms with Crippen molar-refractivity contribution in [1.82, 2.24) is 4.72 Å². The van der Waals surface area contributed by atoms with Crippen LogP contribution in [-0.4, -0.2) is 38.4 Å². The highest BCUT2D eigenvalue weighted by atomic mass is 35.5. The molecule has 0 bridgehead atoms. The standard InChI is InChI=1S/C12H14ClNO6S2/c1-21-5-4-9(12(17)18)14-22(19,20)10-6-7(11(15)16)2-3-8(10)13/h2-3,6,9,14H,4-5H2,1H3,(H,15,16)(H,17,18)/p-2/t9-/m1/s1. The largest absolute Gasteiger partial charge is 0.548 e. The number of carboxylic acid groups (broad SMARTS) is 2. The minimum Gasteiger partial charge on any atom is -0.548 e. The van der Waals surface area contributed by atoms with E-state index in [-0.39, 0.29) is 17.0 Å². The predicted octanol–water partition coefficient (Wildman–Crippen LogP) is -1.15. The highest BCUT2D eigenvalue weighted by Gasteiger charge is 2.23. The van der Waals surface area contributed by atoms with Gasteiger partial charge in [-0.05, 0) is 36.1 Å². The van der Waals surface area contributed by atoms with Crippen molar-refractivity contribution in [3.63, 3.8) is 0 Å². The van der Waals surface area contributed by atoms with Gasteiger partial charge in [0.05, 0.1) is 23.0 Å². The molecule has 1 rings (SSSR count). The summed E-state index contributed by atoms with van der Waals surface area (Å²) in [5, 5.41) is 21.5. The van der Waals surface area contributed by atoms with Gasteiger partial charge in [-0.1, -0.05) is 17.7 Å². The van der Waals surface area contributed by atoms with Gasteiger partial charge in [0.2, 0.25) is 10.0 Å². The predicted molar refractivity (Wildman–Crippen MR) is 77.9 cm³/mol. The van der Waals surface area contributed by atoms with Crippen LogP contribution in [0.1, 0.15) is 16.8 Å². The molecule has 0 aliphatic heterocycles. The molecular formula is C12H12ClNO6S2-2. The second-order valence-electron chi connectivity index (χ2n) is 4.21. The second-order valence-corrected chi connectivity index (χ2v) is 7.28. The number of halogens is 1. The molecular weight excluding hydrogens is 354 g/mol. The molecule has 0 unspecified atom stereocenters. The van der Waals surface area contributed by atoms with Crippen LogP contribution in [0, 0.1) is 0 Å². The van der Waals surface area contributed by atoms with Crippen LogP contribution in [0.15, 0.2) is 23.1 Å². The molecule has 0 aliphatic rings. The van der Waals surface area contributed by atoms with E-state index < -0.39 is 32.9 Å². The van der Waals surface area contributed by atoms with Gasteiger partial charge in [-0.3, -0.25) is 0 Å². The number of carbonyl (C=O) groups is 2. The van der Waals surface area contributed by atoms with E-state index in [0.717, 1.165) is 18.2 Å². The number of carbonyl (C=O) groups excluding carboxylic acids is 2. The van der Waals surface area contributed by atoms with Gasteiger partial charge in [0.15, 0.2) is 0 Å². The van der Waals surface area contributed by atoms with E-state index in [0.29, 0.717) is 5.75 Å². The summed E-state index contributed by atoms with van der Waals surface area (Å²) in [7, 11) is -4.32. The van der Waals surface area contributed by atoms with Crippen LogP contribution in [0.3, 0.4) is 0 Å². The Bertz CT molecular complexity index is 676. The zero-order valence-corrected chi connectivity index (χ0v) is 13.8. The molecule has 0 aliphatic carbocycles. The van der Waals surface area contributed by atoms with Crippen LogP contribution in [0.2, 0.25) is 5.02 Å². The molecule has 1 atom stereocenters. The fraction of sp³-hybridized carbons (Fsp3) is 0.333. The Hall–Kier alpha value is -1.29. The first kappa shape index (κ1) is 18.8.